The molecule has 2 aromatic heterocycles. The number of anilines is 1. The van der Waals surface area contributed by atoms with Crippen molar-refractivity contribution in [1.29, 1.82) is 0 Å². The molecule has 28 heavy (non-hydrogen) atoms. The van der Waals surface area contributed by atoms with E-state index in [1.54, 1.807) is 10.9 Å². The van der Waals surface area contributed by atoms with Crippen LogP contribution < -0.4 is 4.90 Å². The molecular weight excluding hydrogens is 356 g/mol. The van der Waals surface area contributed by atoms with Crippen molar-refractivity contribution in [2.24, 2.45) is 18.9 Å². The molecule has 0 N–H and O–H groups in total. The first-order chi connectivity index (χ1) is 13.5. The lowest BCUT2D eigenvalue weighted by molar-refractivity contribution is -0.140. The van der Waals surface area contributed by atoms with Crippen molar-refractivity contribution in [3.8, 4) is 0 Å². The predicted molar refractivity (Wildman–Crippen MR) is 102 cm³/mol. The molecule has 1 aromatic carbocycles. The van der Waals surface area contributed by atoms with E-state index in [-0.39, 0.29) is 23.7 Å². The molecule has 2 fully saturated rings. The maximum atomic E-state index is 12.9. The molecule has 2 aliphatic heterocycles. The summed E-state index contributed by atoms with van der Waals surface area (Å²) < 4.78 is 1.71. The van der Waals surface area contributed by atoms with Crippen LogP contribution in [0.25, 0.3) is 11.0 Å². The van der Waals surface area contributed by atoms with Crippen LogP contribution in [0.1, 0.15) is 11.4 Å². The van der Waals surface area contributed by atoms with E-state index in [1.807, 2.05) is 49.2 Å². The number of likely N-dealkylation sites (tertiary alicyclic amines) is 1. The van der Waals surface area contributed by atoms with Gasteiger partial charge in [0.05, 0.1) is 30.0 Å². The fourth-order valence-electron chi connectivity index (χ4n) is 4.26. The van der Waals surface area contributed by atoms with Gasteiger partial charge in [0.25, 0.3) is 0 Å². The van der Waals surface area contributed by atoms with Gasteiger partial charge in [0, 0.05) is 20.1 Å². The van der Waals surface area contributed by atoms with Crippen molar-refractivity contribution in [3.63, 3.8) is 0 Å². The Labute approximate surface area is 161 Å². The quantitative estimate of drug-likeness (QED) is 0.641. The highest BCUT2D eigenvalue weighted by atomic mass is 16.2. The van der Waals surface area contributed by atoms with Crippen LogP contribution in [0.2, 0.25) is 0 Å². The Hall–Kier alpha value is -3.29. The SMILES string of the molecule is Cc1nc(N2CC3C(=O)N(Cc4ccccc4)C(=O)C3C2)c2cnn(C)c2n1. The Balaban J connectivity index is 1.42. The maximum Gasteiger partial charge on any atom is 0.235 e. The Morgan fingerprint density at radius 1 is 1.04 bits per heavy atom. The van der Waals surface area contributed by atoms with Gasteiger partial charge in [0.15, 0.2) is 5.65 Å². The highest BCUT2D eigenvalue weighted by Gasteiger charge is 2.52. The molecule has 2 atom stereocenters. The zero-order valence-corrected chi connectivity index (χ0v) is 15.7. The highest BCUT2D eigenvalue weighted by Crippen LogP contribution is 2.37. The van der Waals surface area contributed by atoms with Gasteiger partial charge in [0.2, 0.25) is 11.8 Å². The zero-order chi connectivity index (χ0) is 19.4. The number of aromatic nitrogens is 4. The van der Waals surface area contributed by atoms with Crippen molar-refractivity contribution >= 4 is 28.7 Å². The van der Waals surface area contributed by atoms with E-state index in [2.05, 4.69) is 15.1 Å². The number of amides is 2. The van der Waals surface area contributed by atoms with Gasteiger partial charge in [-0.25, -0.2) is 9.97 Å². The van der Waals surface area contributed by atoms with Crippen LogP contribution in [0.3, 0.4) is 0 Å². The molecule has 8 nitrogen and oxygen atoms in total. The lowest BCUT2D eigenvalue weighted by Crippen LogP contribution is -2.36. The van der Waals surface area contributed by atoms with E-state index in [1.165, 1.54) is 4.90 Å². The fourth-order valence-corrected chi connectivity index (χ4v) is 4.26. The van der Waals surface area contributed by atoms with Gasteiger partial charge < -0.3 is 4.90 Å². The number of fused-ring (bicyclic) bond motifs is 2. The Bertz CT molecular complexity index is 1070. The minimum Gasteiger partial charge on any atom is -0.354 e. The third-order valence-electron chi connectivity index (χ3n) is 5.65. The average Bonchev–Trinajstić information content (AvgIpc) is 3.35. The number of hydrogen-bond acceptors (Lipinski definition) is 6. The molecule has 4 heterocycles. The molecule has 0 radical (unpaired) electrons. The molecule has 2 unspecified atom stereocenters. The largest absolute Gasteiger partial charge is 0.354 e. The number of aryl methyl sites for hydroxylation is 2. The van der Waals surface area contributed by atoms with Gasteiger partial charge in [0.1, 0.15) is 11.6 Å². The third kappa shape index (κ3) is 2.48. The standard InChI is InChI=1S/C20H20N6O2/c1-12-22-17-14(8-21-24(17)2)18(23-12)25-10-15-16(11-25)20(28)26(19(15)27)9-13-6-4-3-5-7-13/h3-8,15-16H,9-11H2,1-2H3. The molecule has 0 bridgehead atoms. The summed E-state index contributed by atoms with van der Waals surface area (Å²) in [4.78, 5) is 38.4. The van der Waals surface area contributed by atoms with Crippen molar-refractivity contribution in [3.05, 3.63) is 47.9 Å². The first-order valence-electron chi connectivity index (χ1n) is 9.33. The van der Waals surface area contributed by atoms with Gasteiger partial charge in [-0.05, 0) is 12.5 Å². The Kier molecular flexibility index (Phi) is 3.68. The van der Waals surface area contributed by atoms with Gasteiger partial charge >= 0.3 is 0 Å². The number of hydrogen-bond donors (Lipinski definition) is 0. The molecule has 2 saturated heterocycles. The number of imide groups is 1. The van der Waals surface area contributed by atoms with E-state index in [9.17, 15) is 9.59 Å². The number of carbonyl (C=O) groups excluding carboxylic acids is 2. The van der Waals surface area contributed by atoms with E-state index in [0.717, 1.165) is 22.4 Å². The van der Waals surface area contributed by atoms with Crippen LogP contribution in [0, 0.1) is 18.8 Å². The topological polar surface area (TPSA) is 84.2 Å². The van der Waals surface area contributed by atoms with E-state index in [4.69, 9.17) is 0 Å². The monoisotopic (exact) mass is 376 g/mol. The molecular formula is C20H20N6O2. The summed E-state index contributed by atoms with van der Waals surface area (Å²) in [5, 5.41) is 5.12. The molecule has 5 rings (SSSR count). The maximum absolute atomic E-state index is 12.9. The number of benzene rings is 1. The van der Waals surface area contributed by atoms with Crippen molar-refractivity contribution < 1.29 is 9.59 Å². The zero-order valence-electron chi connectivity index (χ0n) is 15.7. The minimum atomic E-state index is -0.321. The van der Waals surface area contributed by atoms with Crippen molar-refractivity contribution in [1.82, 2.24) is 24.6 Å². The van der Waals surface area contributed by atoms with E-state index in [0.29, 0.717) is 25.5 Å². The highest BCUT2D eigenvalue weighted by molar-refractivity contribution is 6.06. The summed E-state index contributed by atoms with van der Waals surface area (Å²) in [7, 11) is 1.84. The van der Waals surface area contributed by atoms with Gasteiger partial charge in [-0.1, -0.05) is 30.3 Å². The Morgan fingerprint density at radius 2 is 1.71 bits per heavy atom. The predicted octanol–water partition coefficient (Wildman–Crippen LogP) is 1.29. The minimum absolute atomic E-state index is 0.0884. The number of nitrogens with zero attached hydrogens (tertiary/aromatic N) is 6. The molecule has 3 aromatic rings. The van der Waals surface area contributed by atoms with Crippen LogP contribution in [0.5, 0.6) is 0 Å². The van der Waals surface area contributed by atoms with Gasteiger partial charge in [-0.15, -0.1) is 0 Å². The summed E-state index contributed by atoms with van der Waals surface area (Å²) >= 11 is 0. The van der Waals surface area contributed by atoms with Crippen LogP contribution in [0.15, 0.2) is 36.5 Å². The van der Waals surface area contributed by atoms with Gasteiger partial charge in [-0.2, -0.15) is 5.10 Å². The molecule has 2 aliphatic rings. The van der Waals surface area contributed by atoms with E-state index < -0.39 is 0 Å². The fraction of sp³-hybridized carbons (Fsp3) is 0.350. The molecule has 142 valence electrons. The second-order valence-corrected chi connectivity index (χ2v) is 7.47. The van der Waals surface area contributed by atoms with Crippen molar-refractivity contribution in [2.45, 2.75) is 13.5 Å². The lowest BCUT2D eigenvalue weighted by Gasteiger charge is -2.22. The van der Waals surface area contributed by atoms with Crippen LogP contribution in [-0.2, 0) is 23.2 Å². The van der Waals surface area contributed by atoms with Crippen LogP contribution >= 0.6 is 0 Å². The molecule has 8 heteroatoms. The van der Waals surface area contributed by atoms with Crippen LogP contribution in [-0.4, -0.2) is 49.6 Å². The third-order valence-corrected chi connectivity index (χ3v) is 5.65. The second-order valence-electron chi connectivity index (χ2n) is 7.47. The lowest BCUT2D eigenvalue weighted by atomic mass is 10.00. The second kappa shape index (κ2) is 6.12. The summed E-state index contributed by atoms with van der Waals surface area (Å²) in [6.45, 7) is 3.15. The van der Waals surface area contributed by atoms with Gasteiger partial charge in [-0.3, -0.25) is 19.2 Å². The Morgan fingerprint density at radius 3 is 2.39 bits per heavy atom. The van der Waals surface area contributed by atoms with Crippen molar-refractivity contribution in [2.75, 3.05) is 18.0 Å². The molecule has 0 aliphatic carbocycles. The average molecular weight is 376 g/mol. The smallest absolute Gasteiger partial charge is 0.235 e. The summed E-state index contributed by atoms with van der Waals surface area (Å²) in [5.41, 5.74) is 1.72. The summed E-state index contributed by atoms with van der Waals surface area (Å²) in [5.74, 6) is 0.576. The van der Waals surface area contributed by atoms with E-state index >= 15 is 0 Å². The molecule has 0 saturated carbocycles. The normalized spacial score (nSPS) is 21.8. The first kappa shape index (κ1) is 16.9. The number of rotatable bonds is 3. The summed E-state index contributed by atoms with van der Waals surface area (Å²) in [6.07, 6.45) is 1.74. The van der Waals surface area contributed by atoms with Crippen LogP contribution in [0.4, 0.5) is 5.82 Å². The number of carbonyl (C=O) groups is 2. The molecule has 0 spiro atoms. The summed E-state index contributed by atoms with van der Waals surface area (Å²) in [6, 6.07) is 9.62. The first-order valence-corrected chi connectivity index (χ1v) is 9.33. The molecule has 2 amide bonds.